The number of fused-ring (bicyclic) bond motifs is 1. The van der Waals surface area contributed by atoms with E-state index < -0.39 is 17.3 Å². The van der Waals surface area contributed by atoms with Crippen molar-refractivity contribution in [1.29, 1.82) is 0 Å². The lowest BCUT2D eigenvalue weighted by Gasteiger charge is -2.13. The van der Waals surface area contributed by atoms with Gasteiger partial charge < -0.3 is 14.5 Å². The molecule has 2 N–H and O–H groups in total. The fourth-order valence-electron chi connectivity index (χ4n) is 2.81. The van der Waals surface area contributed by atoms with Crippen molar-refractivity contribution in [1.82, 2.24) is 0 Å². The van der Waals surface area contributed by atoms with Crippen molar-refractivity contribution in [3.63, 3.8) is 0 Å². The summed E-state index contributed by atoms with van der Waals surface area (Å²) in [5.74, 6) is -0.585. The number of halogens is 2. The first kappa shape index (κ1) is 17.1. The molecule has 0 spiro atoms. The van der Waals surface area contributed by atoms with Crippen molar-refractivity contribution >= 4 is 11.0 Å². The summed E-state index contributed by atoms with van der Waals surface area (Å²) in [5.41, 5.74) is 1.18. The monoisotopic (exact) mass is 346 g/mol. The van der Waals surface area contributed by atoms with Crippen molar-refractivity contribution in [2.24, 2.45) is 0 Å². The van der Waals surface area contributed by atoms with Crippen LogP contribution in [0.15, 0.2) is 51.7 Å². The van der Waals surface area contributed by atoms with Crippen LogP contribution >= 0.6 is 0 Å². The van der Waals surface area contributed by atoms with Crippen LogP contribution in [0.4, 0.5) is 8.78 Å². The summed E-state index contributed by atoms with van der Waals surface area (Å²) < 4.78 is 37.3. The number of methoxy groups -OCH3 is 1. The molecule has 0 bridgehead atoms. The molecule has 0 unspecified atom stereocenters. The molecule has 0 aliphatic heterocycles. The molecular weight excluding hydrogens is 328 g/mol. The Hall–Kier alpha value is -2.73. The third-order valence-electron chi connectivity index (χ3n) is 4.18. The minimum atomic E-state index is -0.603. The molecule has 0 fully saturated rings. The summed E-state index contributed by atoms with van der Waals surface area (Å²) in [5, 5.41) is 2.68. The van der Waals surface area contributed by atoms with E-state index in [2.05, 4.69) is 0 Å². The van der Waals surface area contributed by atoms with Crippen molar-refractivity contribution in [2.45, 2.75) is 19.5 Å². The first-order valence-electron chi connectivity index (χ1n) is 7.87. The third kappa shape index (κ3) is 3.69. The van der Waals surface area contributed by atoms with Crippen molar-refractivity contribution < 1.29 is 23.3 Å². The van der Waals surface area contributed by atoms with Gasteiger partial charge in [-0.3, -0.25) is 0 Å². The standard InChI is InChI=1S/C19H17F2NO3/c1-11(15-5-3-13(20)8-17(15)21)22-10-12-7-19(23)25-18-9-14(24-2)4-6-16(12)18/h3-9,11,22H,10H2,1-2H3/p+1/t11-/m1/s1. The SMILES string of the molecule is COc1ccc2c(C[NH2+][C@H](C)c3ccc(F)cc3F)cc(=O)oc2c1. The van der Waals surface area contributed by atoms with Crippen LogP contribution in [0.25, 0.3) is 11.0 Å². The van der Waals surface area contributed by atoms with Gasteiger partial charge in [0.25, 0.3) is 0 Å². The summed E-state index contributed by atoms with van der Waals surface area (Å²) in [4.78, 5) is 11.8. The summed E-state index contributed by atoms with van der Waals surface area (Å²) >= 11 is 0. The van der Waals surface area contributed by atoms with Gasteiger partial charge >= 0.3 is 5.63 Å². The van der Waals surface area contributed by atoms with Crippen LogP contribution in [-0.2, 0) is 6.54 Å². The van der Waals surface area contributed by atoms with Crippen LogP contribution in [0.2, 0.25) is 0 Å². The van der Waals surface area contributed by atoms with Gasteiger partial charge in [0.15, 0.2) is 0 Å². The molecule has 1 heterocycles. The molecule has 0 aliphatic carbocycles. The summed E-state index contributed by atoms with van der Waals surface area (Å²) in [6, 6.07) is 10.0. The number of nitrogens with two attached hydrogens (primary N) is 1. The highest BCUT2D eigenvalue weighted by molar-refractivity contribution is 5.81. The van der Waals surface area contributed by atoms with Gasteiger partial charge in [-0.25, -0.2) is 13.6 Å². The predicted molar refractivity (Wildman–Crippen MR) is 89.4 cm³/mol. The van der Waals surface area contributed by atoms with Crippen LogP contribution in [-0.4, -0.2) is 7.11 Å². The highest BCUT2D eigenvalue weighted by atomic mass is 19.1. The lowest BCUT2D eigenvalue weighted by atomic mass is 10.1. The fraction of sp³-hybridized carbons (Fsp3) is 0.211. The second kappa shape index (κ2) is 7.03. The van der Waals surface area contributed by atoms with Crippen molar-refractivity contribution in [3.05, 3.63) is 75.6 Å². The van der Waals surface area contributed by atoms with E-state index in [1.165, 1.54) is 25.3 Å². The van der Waals surface area contributed by atoms with Gasteiger partial charge in [-0.1, -0.05) is 0 Å². The van der Waals surface area contributed by atoms with Crippen molar-refractivity contribution in [2.75, 3.05) is 7.11 Å². The van der Waals surface area contributed by atoms with Gasteiger partial charge in [-0.05, 0) is 31.2 Å². The maximum atomic E-state index is 13.9. The molecule has 6 heteroatoms. The zero-order chi connectivity index (χ0) is 18.0. The molecule has 1 aromatic heterocycles. The van der Waals surface area contributed by atoms with Gasteiger partial charge in [-0.2, -0.15) is 0 Å². The average molecular weight is 346 g/mol. The molecule has 0 radical (unpaired) electrons. The Morgan fingerprint density at radius 3 is 2.68 bits per heavy atom. The Morgan fingerprint density at radius 1 is 1.16 bits per heavy atom. The zero-order valence-electron chi connectivity index (χ0n) is 13.9. The number of hydrogen-bond acceptors (Lipinski definition) is 3. The Labute approximate surface area is 143 Å². The number of ether oxygens (including phenoxy) is 1. The molecule has 2 aromatic carbocycles. The molecule has 3 aromatic rings. The summed E-state index contributed by atoms with van der Waals surface area (Å²) in [6.45, 7) is 2.28. The second-order valence-corrected chi connectivity index (χ2v) is 5.85. The van der Waals surface area contributed by atoms with E-state index in [0.717, 1.165) is 17.0 Å². The van der Waals surface area contributed by atoms with Gasteiger partial charge in [0.05, 0.1) is 7.11 Å². The highest BCUT2D eigenvalue weighted by Crippen LogP contribution is 2.22. The molecule has 25 heavy (non-hydrogen) atoms. The molecule has 0 aliphatic rings. The summed E-state index contributed by atoms with van der Waals surface area (Å²) in [6.07, 6.45) is 0. The van der Waals surface area contributed by atoms with Crippen LogP contribution in [0.5, 0.6) is 5.75 Å². The van der Waals surface area contributed by atoms with E-state index in [9.17, 15) is 13.6 Å². The maximum absolute atomic E-state index is 13.9. The van der Waals surface area contributed by atoms with Crippen molar-refractivity contribution in [3.8, 4) is 5.75 Å². The Morgan fingerprint density at radius 2 is 1.96 bits per heavy atom. The van der Waals surface area contributed by atoms with E-state index >= 15 is 0 Å². The Balaban J connectivity index is 1.86. The molecule has 3 rings (SSSR count). The molecule has 130 valence electrons. The Kier molecular flexibility index (Phi) is 4.81. The number of quaternary nitrogens is 1. The van der Waals surface area contributed by atoms with Crippen LogP contribution in [0.1, 0.15) is 24.1 Å². The maximum Gasteiger partial charge on any atom is 0.336 e. The predicted octanol–water partition coefficient (Wildman–Crippen LogP) is 2.90. The number of rotatable bonds is 5. The average Bonchev–Trinajstić information content (AvgIpc) is 2.58. The molecule has 0 amide bonds. The van der Waals surface area contributed by atoms with Crippen LogP contribution in [0, 0.1) is 11.6 Å². The first-order chi connectivity index (χ1) is 12.0. The minimum absolute atomic E-state index is 0.235. The third-order valence-corrected chi connectivity index (χ3v) is 4.18. The smallest absolute Gasteiger partial charge is 0.336 e. The quantitative estimate of drug-likeness (QED) is 0.723. The first-order valence-corrected chi connectivity index (χ1v) is 7.87. The normalized spacial score (nSPS) is 12.3. The molecule has 0 saturated carbocycles. The zero-order valence-corrected chi connectivity index (χ0v) is 13.9. The molecular formula is C19H18F2NO3+. The lowest BCUT2D eigenvalue weighted by Crippen LogP contribution is -2.83. The van der Waals surface area contributed by atoms with E-state index in [1.807, 2.05) is 18.3 Å². The van der Waals surface area contributed by atoms with Gasteiger partial charge in [0, 0.05) is 34.7 Å². The van der Waals surface area contributed by atoms with Crippen LogP contribution < -0.4 is 15.7 Å². The highest BCUT2D eigenvalue weighted by Gasteiger charge is 2.16. The second-order valence-electron chi connectivity index (χ2n) is 5.85. The lowest BCUT2D eigenvalue weighted by molar-refractivity contribution is -0.708. The number of hydrogen-bond donors (Lipinski definition) is 1. The molecule has 0 saturated heterocycles. The fourth-order valence-corrected chi connectivity index (χ4v) is 2.81. The van der Waals surface area contributed by atoms with E-state index in [1.54, 1.807) is 12.1 Å². The number of benzene rings is 2. The van der Waals surface area contributed by atoms with Gasteiger partial charge in [-0.15, -0.1) is 0 Å². The largest absolute Gasteiger partial charge is 0.497 e. The van der Waals surface area contributed by atoms with E-state index in [0.29, 0.717) is 23.4 Å². The summed E-state index contributed by atoms with van der Waals surface area (Å²) in [7, 11) is 1.54. The van der Waals surface area contributed by atoms with Gasteiger partial charge in [0.1, 0.15) is 35.6 Å². The topological polar surface area (TPSA) is 56.0 Å². The van der Waals surface area contributed by atoms with Crippen LogP contribution in [0.3, 0.4) is 0 Å². The molecule has 1 atom stereocenters. The van der Waals surface area contributed by atoms with E-state index in [-0.39, 0.29) is 6.04 Å². The van der Waals surface area contributed by atoms with E-state index in [4.69, 9.17) is 9.15 Å². The molecule has 4 nitrogen and oxygen atoms in total. The Bertz CT molecular complexity index is 969. The minimum Gasteiger partial charge on any atom is -0.497 e. The van der Waals surface area contributed by atoms with Gasteiger partial charge in [0.2, 0.25) is 0 Å².